The molecule has 0 fully saturated rings. The minimum atomic E-state index is -0.229. The molecule has 0 aromatic rings. The molecule has 3 nitrogen and oxygen atoms in total. The lowest BCUT2D eigenvalue weighted by molar-refractivity contribution is -0.150. The second-order valence-electron chi connectivity index (χ2n) is 3.82. The van der Waals surface area contributed by atoms with E-state index in [2.05, 4.69) is 0 Å². The third-order valence-corrected chi connectivity index (χ3v) is 1.95. The van der Waals surface area contributed by atoms with Crippen LogP contribution in [0.15, 0.2) is 0 Å². The van der Waals surface area contributed by atoms with Gasteiger partial charge in [-0.1, -0.05) is 6.92 Å². The Bertz CT molecular complexity index is 164. The van der Waals surface area contributed by atoms with Crippen molar-refractivity contribution in [2.75, 3.05) is 7.11 Å². The van der Waals surface area contributed by atoms with E-state index in [-0.39, 0.29) is 17.7 Å². The summed E-state index contributed by atoms with van der Waals surface area (Å²) < 4.78 is 10.4. The topological polar surface area (TPSA) is 35.5 Å². The number of carbonyl (C=O) groups excluding carboxylic acids is 1. The molecule has 0 spiro atoms. The first kappa shape index (κ1) is 12.4. The Balaban J connectivity index is 3.86. The van der Waals surface area contributed by atoms with E-state index in [1.54, 1.807) is 14.0 Å². The highest BCUT2D eigenvalue weighted by atomic mass is 16.5. The van der Waals surface area contributed by atoms with Gasteiger partial charge in [0, 0.05) is 20.0 Å². The zero-order valence-electron chi connectivity index (χ0n) is 9.22. The molecule has 0 radical (unpaired) electrons. The van der Waals surface area contributed by atoms with Crippen LogP contribution in [0.25, 0.3) is 0 Å². The predicted octanol–water partition coefficient (Wildman–Crippen LogP) is 2.14. The van der Waals surface area contributed by atoms with Gasteiger partial charge in [-0.2, -0.15) is 0 Å². The van der Waals surface area contributed by atoms with Crippen LogP contribution < -0.4 is 0 Å². The van der Waals surface area contributed by atoms with Crippen molar-refractivity contribution >= 4 is 5.97 Å². The number of ether oxygens (including phenoxy) is 2. The predicted molar refractivity (Wildman–Crippen MR) is 51.6 cm³/mol. The van der Waals surface area contributed by atoms with E-state index < -0.39 is 0 Å². The second-order valence-corrected chi connectivity index (χ2v) is 3.82. The van der Waals surface area contributed by atoms with Crippen LogP contribution in [0.5, 0.6) is 0 Å². The molecule has 0 heterocycles. The van der Waals surface area contributed by atoms with Gasteiger partial charge in [0.25, 0.3) is 0 Å². The molecule has 0 aromatic carbocycles. The highest BCUT2D eigenvalue weighted by Crippen LogP contribution is 2.17. The van der Waals surface area contributed by atoms with Crippen molar-refractivity contribution in [2.24, 2.45) is 0 Å². The van der Waals surface area contributed by atoms with Gasteiger partial charge in [-0.15, -0.1) is 0 Å². The Morgan fingerprint density at radius 2 is 2.00 bits per heavy atom. The summed E-state index contributed by atoms with van der Waals surface area (Å²) in [5.41, 5.74) is -0.229. The van der Waals surface area contributed by atoms with Gasteiger partial charge in [-0.25, -0.2) is 0 Å². The number of hydrogen-bond donors (Lipinski definition) is 0. The van der Waals surface area contributed by atoms with Crippen molar-refractivity contribution in [3.8, 4) is 0 Å². The molecule has 1 atom stereocenters. The summed E-state index contributed by atoms with van der Waals surface area (Å²) in [6.45, 7) is 7.62. The molecule has 0 rings (SSSR count). The molecule has 13 heavy (non-hydrogen) atoms. The molecular formula is C10H20O3. The molecule has 0 amide bonds. The maximum atomic E-state index is 10.9. The first-order valence-corrected chi connectivity index (χ1v) is 4.66. The summed E-state index contributed by atoms with van der Waals surface area (Å²) in [5.74, 6) is -0.153. The third kappa shape index (κ3) is 5.64. The van der Waals surface area contributed by atoms with Gasteiger partial charge in [0.05, 0.1) is 5.60 Å². The van der Waals surface area contributed by atoms with Crippen LogP contribution in [-0.4, -0.2) is 24.8 Å². The summed E-state index contributed by atoms with van der Waals surface area (Å²) in [4.78, 5) is 10.9. The third-order valence-electron chi connectivity index (χ3n) is 1.95. The Hall–Kier alpha value is -0.570. The molecule has 0 aliphatic carbocycles. The van der Waals surface area contributed by atoms with Crippen molar-refractivity contribution in [3.63, 3.8) is 0 Å². The Morgan fingerprint density at radius 3 is 2.38 bits per heavy atom. The SMILES string of the molecule is CCC(=O)OC(C)CC(C)(C)OC. The second kappa shape index (κ2) is 5.22. The normalized spacial score (nSPS) is 13.9. The van der Waals surface area contributed by atoms with Crippen molar-refractivity contribution in [1.29, 1.82) is 0 Å². The Labute approximate surface area is 80.4 Å². The molecule has 0 aliphatic rings. The number of methoxy groups -OCH3 is 1. The lowest BCUT2D eigenvalue weighted by Crippen LogP contribution is -2.29. The van der Waals surface area contributed by atoms with Gasteiger partial charge in [-0.05, 0) is 20.8 Å². The number of hydrogen-bond acceptors (Lipinski definition) is 3. The van der Waals surface area contributed by atoms with Crippen LogP contribution in [0.2, 0.25) is 0 Å². The van der Waals surface area contributed by atoms with E-state index in [4.69, 9.17) is 9.47 Å². The molecule has 0 aliphatic heterocycles. The van der Waals surface area contributed by atoms with Crippen molar-refractivity contribution in [3.05, 3.63) is 0 Å². The van der Waals surface area contributed by atoms with Crippen LogP contribution in [0, 0.1) is 0 Å². The fourth-order valence-electron chi connectivity index (χ4n) is 1.12. The molecule has 1 unspecified atom stereocenters. The molecule has 0 saturated heterocycles. The van der Waals surface area contributed by atoms with E-state index in [0.717, 1.165) is 6.42 Å². The zero-order chi connectivity index (χ0) is 10.5. The Morgan fingerprint density at radius 1 is 1.46 bits per heavy atom. The van der Waals surface area contributed by atoms with Crippen LogP contribution in [-0.2, 0) is 14.3 Å². The molecule has 0 N–H and O–H groups in total. The summed E-state index contributed by atoms with van der Waals surface area (Å²) in [6.07, 6.45) is 1.06. The lowest BCUT2D eigenvalue weighted by atomic mass is 10.0. The molecular weight excluding hydrogens is 168 g/mol. The average molecular weight is 188 g/mol. The van der Waals surface area contributed by atoms with Gasteiger partial charge in [0.1, 0.15) is 6.10 Å². The highest BCUT2D eigenvalue weighted by Gasteiger charge is 2.21. The van der Waals surface area contributed by atoms with Crippen molar-refractivity contribution in [1.82, 2.24) is 0 Å². The van der Waals surface area contributed by atoms with Gasteiger partial charge < -0.3 is 9.47 Å². The fourth-order valence-corrected chi connectivity index (χ4v) is 1.12. The molecule has 3 heteroatoms. The van der Waals surface area contributed by atoms with Crippen molar-refractivity contribution in [2.45, 2.75) is 52.2 Å². The van der Waals surface area contributed by atoms with E-state index >= 15 is 0 Å². The summed E-state index contributed by atoms with van der Waals surface area (Å²) >= 11 is 0. The standard InChI is InChI=1S/C10H20O3/c1-6-9(11)13-8(2)7-10(3,4)12-5/h8H,6-7H2,1-5H3. The van der Waals surface area contributed by atoms with E-state index in [0.29, 0.717) is 6.42 Å². The Kier molecular flexibility index (Phi) is 4.99. The zero-order valence-corrected chi connectivity index (χ0v) is 9.22. The maximum Gasteiger partial charge on any atom is 0.305 e. The maximum absolute atomic E-state index is 10.9. The summed E-state index contributed by atoms with van der Waals surface area (Å²) in [6, 6.07) is 0. The lowest BCUT2D eigenvalue weighted by Gasteiger charge is -2.26. The number of esters is 1. The van der Waals surface area contributed by atoms with Gasteiger partial charge in [0.15, 0.2) is 0 Å². The van der Waals surface area contributed by atoms with Crippen LogP contribution in [0.1, 0.15) is 40.5 Å². The van der Waals surface area contributed by atoms with Gasteiger partial charge >= 0.3 is 5.97 Å². The van der Waals surface area contributed by atoms with Crippen molar-refractivity contribution < 1.29 is 14.3 Å². The average Bonchev–Trinajstić information content (AvgIpc) is 2.03. The minimum Gasteiger partial charge on any atom is -0.463 e. The van der Waals surface area contributed by atoms with E-state index in [1.165, 1.54) is 0 Å². The highest BCUT2D eigenvalue weighted by molar-refractivity contribution is 5.69. The fraction of sp³-hybridized carbons (Fsp3) is 0.900. The first-order valence-electron chi connectivity index (χ1n) is 4.66. The molecule has 0 aromatic heterocycles. The molecule has 0 saturated carbocycles. The molecule has 0 bridgehead atoms. The summed E-state index contributed by atoms with van der Waals surface area (Å²) in [7, 11) is 1.66. The largest absolute Gasteiger partial charge is 0.463 e. The van der Waals surface area contributed by atoms with Crippen LogP contribution in [0.3, 0.4) is 0 Å². The summed E-state index contributed by atoms with van der Waals surface area (Å²) in [5, 5.41) is 0. The first-order chi connectivity index (χ1) is 5.91. The van der Waals surface area contributed by atoms with E-state index in [9.17, 15) is 4.79 Å². The minimum absolute atomic E-state index is 0.0811. The van der Waals surface area contributed by atoms with Crippen LogP contribution in [0.4, 0.5) is 0 Å². The quantitative estimate of drug-likeness (QED) is 0.620. The monoisotopic (exact) mass is 188 g/mol. The van der Waals surface area contributed by atoms with E-state index in [1.807, 2.05) is 20.8 Å². The molecule has 78 valence electrons. The van der Waals surface area contributed by atoms with Gasteiger partial charge in [0.2, 0.25) is 0 Å². The number of rotatable bonds is 5. The number of carbonyl (C=O) groups is 1. The van der Waals surface area contributed by atoms with Gasteiger partial charge in [-0.3, -0.25) is 4.79 Å². The smallest absolute Gasteiger partial charge is 0.305 e. The van der Waals surface area contributed by atoms with Crippen LogP contribution >= 0.6 is 0 Å².